The number of benzene rings is 1. The topological polar surface area (TPSA) is 42.4 Å². The number of nitrogens with zero attached hydrogens (tertiary/aromatic N) is 2. The molecule has 0 unspecified atom stereocenters. The van der Waals surface area contributed by atoms with Crippen LogP contribution in [-0.2, 0) is 6.42 Å². The van der Waals surface area contributed by atoms with Gasteiger partial charge in [-0.15, -0.1) is 6.58 Å². The highest BCUT2D eigenvalue weighted by atomic mass is 16.5. The molecule has 4 heteroatoms. The molecule has 0 radical (unpaired) electrons. The molecule has 2 rings (SSSR count). The minimum atomic E-state index is -0.0965. The van der Waals surface area contributed by atoms with Crippen LogP contribution >= 0.6 is 0 Å². The molecule has 1 aromatic heterocycles. The highest BCUT2D eigenvalue weighted by molar-refractivity contribution is 5.96. The molecule has 0 saturated carbocycles. The Kier molecular flexibility index (Phi) is 5.72. The van der Waals surface area contributed by atoms with E-state index in [0.29, 0.717) is 24.5 Å². The molecule has 0 aliphatic heterocycles. The molecule has 0 aliphatic rings. The van der Waals surface area contributed by atoms with E-state index in [1.165, 1.54) is 12.7 Å². The third kappa shape index (κ3) is 3.95. The largest absolute Gasteiger partial charge is 0.480 e. The van der Waals surface area contributed by atoms with Crippen LogP contribution in [0.3, 0.4) is 0 Å². The fraction of sp³-hybridized carbons (Fsp3) is 0.222. The standard InChI is InChI=1S/C18H20N2O2/c1-3-13-20(14-11-15-8-5-4-6-9-15)18(21)16-10-7-12-19-17(16)22-2/h3-10,12H,1,11,13-14H2,2H3. The second-order valence-electron chi connectivity index (χ2n) is 4.84. The first-order valence-corrected chi connectivity index (χ1v) is 7.19. The molecule has 114 valence electrons. The Balaban J connectivity index is 2.13. The van der Waals surface area contributed by atoms with Gasteiger partial charge in [0, 0.05) is 19.3 Å². The summed E-state index contributed by atoms with van der Waals surface area (Å²) in [5.74, 6) is 0.252. The number of hydrogen-bond acceptors (Lipinski definition) is 3. The molecule has 1 amide bonds. The number of rotatable bonds is 7. The van der Waals surface area contributed by atoms with Crippen LogP contribution < -0.4 is 4.74 Å². The summed E-state index contributed by atoms with van der Waals surface area (Å²) in [4.78, 5) is 18.5. The second-order valence-corrected chi connectivity index (χ2v) is 4.84. The Morgan fingerprint density at radius 1 is 1.27 bits per heavy atom. The van der Waals surface area contributed by atoms with Crippen molar-refractivity contribution in [2.24, 2.45) is 0 Å². The zero-order valence-corrected chi connectivity index (χ0v) is 12.7. The monoisotopic (exact) mass is 296 g/mol. The molecule has 0 bridgehead atoms. The molecule has 4 nitrogen and oxygen atoms in total. The third-order valence-corrected chi connectivity index (χ3v) is 3.34. The number of carbonyl (C=O) groups is 1. The van der Waals surface area contributed by atoms with Crippen LogP contribution in [0.5, 0.6) is 5.88 Å². The van der Waals surface area contributed by atoms with Crippen molar-refractivity contribution >= 4 is 5.91 Å². The summed E-state index contributed by atoms with van der Waals surface area (Å²) in [5.41, 5.74) is 1.67. The average molecular weight is 296 g/mol. The lowest BCUT2D eigenvalue weighted by Crippen LogP contribution is -2.33. The quantitative estimate of drug-likeness (QED) is 0.738. The molecule has 0 spiro atoms. The van der Waals surface area contributed by atoms with E-state index < -0.39 is 0 Å². The molecule has 0 fully saturated rings. The summed E-state index contributed by atoms with van der Waals surface area (Å²) in [6.07, 6.45) is 4.13. The fourth-order valence-corrected chi connectivity index (χ4v) is 2.23. The lowest BCUT2D eigenvalue weighted by Gasteiger charge is -2.22. The summed E-state index contributed by atoms with van der Waals surface area (Å²) < 4.78 is 5.17. The van der Waals surface area contributed by atoms with E-state index in [2.05, 4.69) is 23.7 Å². The molecule has 1 aromatic carbocycles. The van der Waals surface area contributed by atoms with Gasteiger partial charge in [0.15, 0.2) is 0 Å². The molecule has 0 atom stereocenters. The van der Waals surface area contributed by atoms with Crippen molar-refractivity contribution < 1.29 is 9.53 Å². The Hall–Kier alpha value is -2.62. The maximum absolute atomic E-state index is 12.7. The summed E-state index contributed by atoms with van der Waals surface area (Å²) in [5, 5.41) is 0. The molecule has 0 aliphatic carbocycles. The van der Waals surface area contributed by atoms with E-state index in [1.807, 2.05) is 18.2 Å². The van der Waals surface area contributed by atoms with Crippen molar-refractivity contribution in [3.63, 3.8) is 0 Å². The number of aromatic nitrogens is 1. The van der Waals surface area contributed by atoms with Gasteiger partial charge in [-0.2, -0.15) is 0 Å². The van der Waals surface area contributed by atoms with Crippen molar-refractivity contribution in [3.05, 3.63) is 72.4 Å². The van der Waals surface area contributed by atoms with Gasteiger partial charge < -0.3 is 9.64 Å². The molecule has 0 N–H and O–H groups in total. The van der Waals surface area contributed by atoms with E-state index in [1.54, 1.807) is 29.3 Å². The van der Waals surface area contributed by atoms with Crippen molar-refractivity contribution in [3.8, 4) is 5.88 Å². The van der Waals surface area contributed by atoms with E-state index in [-0.39, 0.29) is 5.91 Å². The summed E-state index contributed by atoms with van der Waals surface area (Å²) in [6, 6.07) is 13.6. The van der Waals surface area contributed by atoms with E-state index in [0.717, 1.165) is 6.42 Å². The van der Waals surface area contributed by atoms with E-state index >= 15 is 0 Å². The van der Waals surface area contributed by atoms with E-state index in [4.69, 9.17) is 4.74 Å². The second kappa shape index (κ2) is 7.98. The Bertz CT molecular complexity index is 626. The van der Waals surface area contributed by atoms with Crippen LogP contribution in [0.4, 0.5) is 0 Å². The summed E-state index contributed by atoms with van der Waals surface area (Å²) in [6.45, 7) is 4.84. The van der Waals surface area contributed by atoms with Crippen molar-refractivity contribution in [1.29, 1.82) is 0 Å². The van der Waals surface area contributed by atoms with E-state index in [9.17, 15) is 4.79 Å². The fourth-order valence-electron chi connectivity index (χ4n) is 2.23. The van der Waals surface area contributed by atoms with Crippen molar-refractivity contribution in [1.82, 2.24) is 9.88 Å². The number of pyridine rings is 1. The zero-order valence-electron chi connectivity index (χ0n) is 12.7. The highest BCUT2D eigenvalue weighted by Gasteiger charge is 2.19. The van der Waals surface area contributed by atoms with Crippen LogP contribution in [0.2, 0.25) is 0 Å². The number of carbonyl (C=O) groups excluding carboxylic acids is 1. The summed E-state index contributed by atoms with van der Waals surface area (Å²) >= 11 is 0. The SMILES string of the molecule is C=CCN(CCc1ccccc1)C(=O)c1cccnc1OC. The predicted octanol–water partition coefficient (Wildman–Crippen LogP) is 2.96. The van der Waals surface area contributed by atoms with Gasteiger partial charge >= 0.3 is 0 Å². The normalized spacial score (nSPS) is 10.0. The molecule has 1 heterocycles. The highest BCUT2D eigenvalue weighted by Crippen LogP contribution is 2.16. The Morgan fingerprint density at radius 2 is 2.05 bits per heavy atom. The van der Waals surface area contributed by atoms with Crippen molar-refractivity contribution in [2.75, 3.05) is 20.2 Å². The molecular weight excluding hydrogens is 276 g/mol. The van der Waals surface area contributed by atoms with Crippen LogP contribution in [-0.4, -0.2) is 36.0 Å². The maximum atomic E-state index is 12.7. The number of ether oxygens (including phenoxy) is 1. The van der Waals surface area contributed by atoms with Gasteiger partial charge in [-0.05, 0) is 24.1 Å². The van der Waals surface area contributed by atoms with Crippen LogP contribution in [0, 0.1) is 0 Å². The number of methoxy groups -OCH3 is 1. The third-order valence-electron chi connectivity index (χ3n) is 3.34. The van der Waals surface area contributed by atoms with Gasteiger partial charge in [0.25, 0.3) is 5.91 Å². The Labute approximate surface area is 131 Å². The summed E-state index contributed by atoms with van der Waals surface area (Å²) in [7, 11) is 1.51. The van der Waals surface area contributed by atoms with Gasteiger partial charge in [-0.25, -0.2) is 4.98 Å². The minimum absolute atomic E-state index is 0.0965. The lowest BCUT2D eigenvalue weighted by atomic mass is 10.1. The molecule has 22 heavy (non-hydrogen) atoms. The molecule has 2 aromatic rings. The van der Waals surface area contributed by atoms with Crippen LogP contribution in [0.1, 0.15) is 15.9 Å². The molecular formula is C18H20N2O2. The van der Waals surface area contributed by atoms with Crippen molar-refractivity contribution in [2.45, 2.75) is 6.42 Å². The Morgan fingerprint density at radius 3 is 2.73 bits per heavy atom. The molecule has 0 saturated heterocycles. The predicted molar refractivity (Wildman–Crippen MR) is 87.0 cm³/mol. The smallest absolute Gasteiger partial charge is 0.259 e. The van der Waals surface area contributed by atoms with Gasteiger partial charge in [0.05, 0.1) is 7.11 Å². The first-order chi connectivity index (χ1) is 10.8. The first kappa shape index (κ1) is 15.8. The van der Waals surface area contributed by atoms with Crippen LogP contribution in [0.15, 0.2) is 61.3 Å². The van der Waals surface area contributed by atoms with Gasteiger partial charge in [0.1, 0.15) is 5.56 Å². The lowest BCUT2D eigenvalue weighted by molar-refractivity contribution is 0.0771. The van der Waals surface area contributed by atoms with Gasteiger partial charge in [-0.3, -0.25) is 4.79 Å². The zero-order chi connectivity index (χ0) is 15.8. The van der Waals surface area contributed by atoms with Crippen LogP contribution in [0.25, 0.3) is 0 Å². The number of hydrogen-bond donors (Lipinski definition) is 0. The van der Waals surface area contributed by atoms with Gasteiger partial charge in [-0.1, -0.05) is 36.4 Å². The maximum Gasteiger partial charge on any atom is 0.259 e. The van der Waals surface area contributed by atoms with Gasteiger partial charge in [0.2, 0.25) is 5.88 Å². The average Bonchev–Trinajstić information content (AvgIpc) is 2.59. The minimum Gasteiger partial charge on any atom is -0.480 e. The first-order valence-electron chi connectivity index (χ1n) is 7.19. The number of amides is 1.